The lowest BCUT2D eigenvalue weighted by atomic mass is 10.1. The van der Waals surface area contributed by atoms with Crippen molar-refractivity contribution in [3.8, 4) is 5.75 Å². The molecule has 0 N–H and O–H groups in total. The lowest BCUT2D eigenvalue weighted by molar-refractivity contribution is 0.0632. The first-order valence-corrected chi connectivity index (χ1v) is 8.31. The first kappa shape index (κ1) is 16.5. The minimum Gasteiger partial charge on any atom is -0.497 e. The molecule has 1 aromatic carbocycles. The van der Waals surface area contributed by atoms with Crippen molar-refractivity contribution >= 4 is 5.91 Å². The maximum absolute atomic E-state index is 12.6. The van der Waals surface area contributed by atoms with Gasteiger partial charge in [-0.1, -0.05) is 6.07 Å². The molecule has 0 aliphatic carbocycles. The van der Waals surface area contributed by atoms with Crippen LogP contribution in [-0.4, -0.2) is 65.1 Å². The van der Waals surface area contributed by atoms with Crippen LogP contribution in [0.25, 0.3) is 0 Å². The number of ether oxygens (including phenoxy) is 1. The predicted molar refractivity (Wildman–Crippen MR) is 92.3 cm³/mol. The quantitative estimate of drug-likeness (QED) is 0.838. The van der Waals surface area contributed by atoms with Gasteiger partial charge < -0.3 is 14.2 Å². The number of imidazole rings is 1. The van der Waals surface area contributed by atoms with E-state index in [-0.39, 0.29) is 5.91 Å². The Morgan fingerprint density at radius 3 is 2.67 bits per heavy atom. The maximum Gasteiger partial charge on any atom is 0.254 e. The molecule has 0 unspecified atom stereocenters. The third-order valence-electron chi connectivity index (χ3n) is 4.56. The monoisotopic (exact) mass is 328 g/mol. The number of piperazine rings is 1. The molecule has 24 heavy (non-hydrogen) atoms. The molecule has 6 heteroatoms. The Balaban J connectivity index is 1.51. The molecule has 0 spiro atoms. The van der Waals surface area contributed by atoms with Crippen LogP contribution in [0.4, 0.5) is 0 Å². The highest BCUT2D eigenvalue weighted by atomic mass is 16.5. The Labute approximate surface area is 142 Å². The molecule has 2 heterocycles. The number of aromatic nitrogens is 2. The van der Waals surface area contributed by atoms with E-state index in [1.807, 2.05) is 42.4 Å². The van der Waals surface area contributed by atoms with Gasteiger partial charge in [0.1, 0.15) is 11.6 Å². The van der Waals surface area contributed by atoms with E-state index in [0.717, 1.165) is 50.8 Å². The average molecular weight is 328 g/mol. The average Bonchev–Trinajstić information content (AvgIpc) is 3.05. The molecule has 0 bridgehead atoms. The van der Waals surface area contributed by atoms with E-state index in [2.05, 4.69) is 14.5 Å². The van der Waals surface area contributed by atoms with Crippen LogP contribution < -0.4 is 4.74 Å². The summed E-state index contributed by atoms with van der Waals surface area (Å²) in [6.07, 6.45) is 3.85. The molecular weight excluding hydrogens is 304 g/mol. The largest absolute Gasteiger partial charge is 0.497 e. The minimum absolute atomic E-state index is 0.0824. The van der Waals surface area contributed by atoms with Crippen molar-refractivity contribution in [3.05, 3.63) is 48.0 Å². The number of benzene rings is 1. The molecule has 1 aliphatic heterocycles. The van der Waals surface area contributed by atoms with Gasteiger partial charge in [-0.25, -0.2) is 4.98 Å². The van der Waals surface area contributed by atoms with Gasteiger partial charge in [-0.2, -0.15) is 0 Å². The van der Waals surface area contributed by atoms with Gasteiger partial charge in [0.15, 0.2) is 0 Å². The number of carbonyl (C=O) groups is 1. The van der Waals surface area contributed by atoms with Gasteiger partial charge in [0, 0.05) is 57.2 Å². The van der Waals surface area contributed by atoms with Crippen LogP contribution in [-0.2, 0) is 6.54 Å². The molecule has 3 rings (SSSR count). The van der Waals surface area contributed by atoms with Crippen LogP contribution >= 0.6 is 0 Å². The lowest BCUT2D eigenvalue weighted by Gasteiger charge is -2.34. The van der Waals surface area contributed by atoms with Gasteiger partial charge >= 0.3 is 0 Å². The first-order valence-electron chi connectivity index (χ1n) is 8.31. The van der Waals surface area contributed by atoms with Crippen molar-refractivity contribution in [1.82, 2.24) is 19.4 Å². The van der Waals surface area contributed by atoms with E-state index in [1.54, 1.807) is 13.2 Å². The molecule has 0 radical (unpaired) electrons. The van der Waals surface area contributed by atoms with Crippen LogP contribution in [0.5, 0.6) is 5.75 Å². The van der Waals surface area contributed by atoms with E-state index in [1.165, 1.54) is 0 Å². The highest BCUT2D eigenvalue weighted by molar-refractivity contribution is 5.94. The molecule has 2 aromatic rings. The highest BCUT2D eigenvalue weighted by Crippen LogP contribution is 2.15. The Hall–Kier alpha value is -2.34. The summed E-state index contributed by atoms with van der Waals surface area (Å²) in [5.41, 5.74) is 0.692. The van der Waals surface area contributed by atoms with E-state index in [4.69, 9.17) is 4.74 Å². The fourth-order valence-electron chi connectivity index (χ4n) is 3.00. The van der Waals surface area contributed by atoms with Crippen LogP contribution in [0.1, 0.15) is 16.2 Å². The summed E-state index contributed by atoms with van der Waals surface area (Å²) in [6, 6.07) is 7.36. The molecule has 1 amide bonds. The molecule has 1 aromatic heterocycles. The maximum atomic E-state index is 12.6. The Morgan fingerprint density at radius 2 is 2.00 bits per heavy atom. The molecule has 0 saturated carbocycles. The molecule has 128 valence electrons. The van der Waals surface area contributed by atoms with E-state index >= 15 is 0 Å². The number of hydrogen-bond donors (Lipinski definition) is 0. The van der Waals surface area contributed by atoms with Crippen molar-refractivity contribution in [1.29, 1.82) is 0 Å². The number of nitrogens with zero attached hydrogens (tertiary/aromatic N) is 4. The molecule has 1 fully saturated rings. The van der Waals surface area contributed by atoms with Crippen molar-refractivity contribution in [2.45, 2.75) is 13.5 Å². The van der Waals surface area contributed by atoms with Gasteiger partial charge in [0.25, 0.3) is 5.91 Å². The zero-order valence-corrected chi connectivity index (χ0v) is 14.3. The predicted octanol–water partition coefficient (Wildman–Crippen LogP) is 1.66. The Bertz CT molecular complexity index is 690. The van der Waals surface area contributed by atoms with Gasteiger partial charge in [0.2, 0.25) is 0 Å². The zero-order valence-electron chi connectivity index (χ0n) is 14.3. The summed E-state index contributed by atoms with van der Waals surface area (Å²) >= 11 is 0. The third-order valence-corrected chi connectivity index (χ3v) is 4.56. The fraction of sp³-hybridized carbons (Fsp3) is 0.444. The minimum atomic E-state index is 0.0824. The molecular formula is C18H24N4O2. The second-order valence-electron chi connectivity index (χ2n) is 6.03. The van der Waals surface area contributed by atoms with Gasteiger partial charge in [-0.05, 0) is 25.1 Å². The highest BCUT2D eigenvalue weighted by Gasteiger charge is 2.22. The number of carbonyl (C=O) groups excluding carboxylic acids is 1. The van der Waals surface area contributed by atoms with Gasteiger partial charge in [0.05, 0.1) is 7.11 Å². The van der Waals surface area contributed by atoms with Crippen LogP contribution in [0, 0.1) is 6.92 Å². The SMILES string of the molecule is COc1cccc(C(=O)N2CCN(CCn3ccnc3C)CC2)c1. The number of rotatable bonds is 5. The first-order chi connectivity index (χ1) is 11.7. The topological polar surface area (TPSA) is 50.6 Å². The van der Waals surface area contributed by atoms with Crippen molar-refractivity contribution in [2.24, 2.45) is 0 Å². The van der Waals surface area contributed by atoms with Gasteiger partial charge in [-0.15, -0.1) is 0 Å². The fourth-order valence-corrected chi connectivity index (χ4v) is 3.00. The number of amides is 1. The molecule has 1 saturated heterocycles. The van der Waals surface area contributed by atoms with E-state index in [0.29, 0.717) is 5.56 Å². The number of methoxy groups -OCH3 is 1. The summed E-state index contributed by atoms with van der Waals surface area (Å²) in [4.78, 5) is 21.2. The van der Waals surface area contributed by atoms with Crippen LogP contribution in [0.15, 0.2) is 36.7 Å². The number of hydrogen-bond acceptors (Lipinski definition) is 4. The Morgan fingerprint density at radius 1 is 1.21 bits per heavy atom. The summed E-state index contributed by atoms with van der Waals surface area (Å²) in [5, 5.41) is 0. The smallest absolute Gasteiger partial charge is 0.254 e. The summed E-state index contributed by atoms with van der Waals surface area (Å²) < 4.78 is 7.36. The zero-order chi connectivity index (χ0) is 16.9. The van der Waals surface area contributed by atoms with Crippen molar-refractivity contribution in [2.75, 3.05) is 39.8 Å². The standard InChI is InChI=1S/C18H24N4O2/c1-15-19-6-7-21(15)11-8-20-9-12-22(13-10-20)18(23)16-4-3-5-17(14-16)24-2/h3-7,14H,8-13H2,1-2H3. The number of aryl methyl sites for hydroxylation is 1. The Kier molecular flexibility index (Phi) is 5.15. The second-order valence-corrected chi connectivity index (χ2v) is 6.03. The summed E-state index contributed by atoms with van der Waals surface area (Å²) in [6.45, 7) is 7.28. The lowest BCUT2D eigenvalue weighted by Crippen LogP contribution is -2.49. The molecule has 1 aliphatic rings. The van der Waals surface area contributed by atoms with Gasteiger partial charge in [-0.3, -0.25) is 9.69 Å². The summed E-state index contributed by atoms with van der Waals surface area (Å²) in [5.74, 6) is 1.84. The normalized spacial score (nSPS) is 15.5. The summed E-state index contributed by atoms with van der Waals surface area (Å²) in [7, 11) is 1.62. The van der Waals surface area contributed by atoms with Crippen molar-refractivity contribution in [3.63, 3.8) is 0 Å². The van der Waals surface area contributed by atoms with E-state index in [9.17, 15) is 4.79 Å². The molecule has 6 nitrogen and oxygen atoms in total. The third kappa shape index (κ3) is 3.76. The van der Waals surface area contributed by atoms with Crippen molar-refractivity contribution < 1.29 is 9.53 Å². The van der Waals surface area contributed by atoms with E-state index < -0.39 is 0 Å². The second kappa shape index (κ2) is 7.49. The molecule has 0 atom stereocenters. The van der Waals surface area contributed by atoms with Crippen LogP contribution in [0.2, 0.25) is 0 Å². The van der Waals surface area contributed by atoms with Crippen LogP contribution in [0.3, 0.4) is 0 Å².